The first kappa shape index (κ1) is 12.2. The van der Waals surface area contributed by atoms with E-state index in [9.17, 15) is 0 Å². The van der Waals surface area contributed by atoms with E-state index in [1.165, 1.54) is 0 Å². The first-order chi connectivity index (χ1) is 9.72. The summed E-state index contributed by atoms with van der Waals surface area (Å²) in [5.74, 6) is 0. The van der Waals surface area contributed by atoms with Crippen LogP contribution in [0.15, 0.2) is 66.9 Å². The van der Waals surface area contributed by atoms with E-state index in [1.54, 1.807) is 0 Å². The van der Waals surface area contributed by atoms with Crippen molar-refractivity contribution in [3.05, 3.63) is 66.9 Å². The third-order valence-electron chi connectivity index (χ3n) is 3.21. The molecule has 1 aromatic heterocycles. The Hall–Kier alpha value is -2.81. The van der Waals surface area contributed by atoms with Crippen LogP contribution in [0.2, 0.25) is 0 Å². The van der Waals surface area contributed by atoms with Crippen LogP contribution in [0.25, 0.3) is 22.4 Å². The van der Waals surface area contributed by atoms with Crippen molar-refractivity contribution >= 4 is 11.4 Å². The van der Waals surface area contributed by atoms with Crippen molar-refractivity contribution in [3.63, 3.8) is 0 Å². The highest BCUT2D eigenvalue weighted by atomic mass is 14.7. The maximum Gasteiger partial charge on any atom is 0.0702 e. The first-order valence-corrected chi connectivity index (χ1v) is 6.40. The van der Waals surface area contributed by atoms with Gasteiger partial charge in [-0.2, -0.15) is 0 Å². The molecule has 0 amide bonds. The maximum absolute atomic E-state index is 5.69. The molecule has 4 N–H and O–H groups in total. The molecule has 20 heavy (non-hydrogen) atoms. The fourth-order valence-corrected chi connectivity index (χ4v) is 2.06. The fraction of sp³-hybridized carbons (Fsp3) is 0. The van der Waals surface area contributed by atoms with Crippen molar-refractivity contribution in [1.29, 1.82) is 0 Å². The molecule has 0 radical (unpaired) electrons. The van der Waals surface area contributed by atoms with Crippen LogP contribution in [0.5, 0.6) is 0 Å². The molecule has 0 fully saturated rings. The van der Waals surface area contributed by atoms with Gasteiger partial charge < -0.3 is 11.5 Å². The van der Waals surface area contributed by atoms with Crippen LogP contribution in [-0.4, -0.2) is 4.98 Å². The Morgan fingerprint density at radius 2 is 1.05 bits per heavy atom. The molecule has 0 aliphatic rings. The minimum Gasteiger partial charge on any atom is -0.399 e. The maximum atomic E-state index is 5.69. The zero-order valence-electron chi connectivity index (χ0n) is 11.0. The van der Waals surface area contributed by atoms with Gasteiger partial charge >= 0.3 is 0 Å². The lowest BCUT2D eigenvalue weighted by Gasteiger charge is -2.05. The second-order valence-electron chi connectivity index (χ2n) is 4.68. The Labute approximate surface area is 117 Å². The molecule has 2 aromatic carbocycles. The van der Waals surface area contributed by atoms with E-state index in [-0.39, 0.29) is 0 Å². The minimum atomic E-state index is 0.757. The molecule has 0 aliphatic heterocycles. The predicted molar refractivity (Wildman–Crippen MR) is 83.9 cm³/mol. The van der Waals surface area contributed by atoms with E-state index in [0.717, 1.165) is 33.8 Å². The van der Waals surface area contributed by atoms with Crippen molar-refractivity contribution < 1.29 is 0 Å². The van der Waals surface area contributed by atoms with Crippen molar-refractivity contribution in [2.24, 2.45) is 0 Å². The predicted octanol–water partition coefficient (Wildman–Crippen LogP) is 3.58. The highest BCUT2D eigenvalue weighted by Crippen LogP contribution is 2.23. The summed E-state index contributed by atoms with van der Waals surface area (Å²) in [6, 6.07) is 19.6. The number of pyridine rings is 1. The van der Waals surface area contributed by atoms with Crippen LogP contribution in [0.1, 0.15) is 0 Å². The van der Waals surface area contributed by atoms with Gasteiger partial charge in [0.05, 0.1) is 5.69 Å². The lowest BCUT2D eigenvalue weighted by molar-refractivity contribution is 1.33. The monoisotopic (exact) mass is 261 g/mol. The SMILES string of the molecule is Nc1ccc(-c2ccc(-c3ccc(N)cc3)nc2)cc1. The third-order valence-corrected chi connectivity index (χ3v) is 3.21. The lowest BCUT2D eigenvalue weighted by Crippen LogP contribution is -1.88. The molecule has 0 bridgehead atoms. The average Bonchev–Trinajstić information content (AvgIpc) is 2.49. The Morgan fingerprint density at radius 3 is 1.55 bits per heavy atom. The molecule has 0 unspecified atom stereocenters. The van der Waals surface area contributed by atoms with Gasteiger partial charge in [-0.25, -0.2) is 0 Å². The quantitative estimate of drug-likeness (QED) is 0.693. The Balaban J connectivity index is 1.91. The zero-order valence-corrected chi connectivity index (χ0v) is 11.0. The molecule has 0 spiro atoms. The van der Waals surface area contributed by atoms with Gasteiger partial charge in [0, 0.05) is 28.7 Å². The Bertz CT molecular complexity index is 634. The van der Waals surface area contributed by atoms with Crippen molar-refractivity contribution in [2.45, 2.75) is 0 Å². The number of anilines is 2. The first-order valence-electron chi connectivity index (χ1n) is 6.40. The van der Waals surface area contributed by atoms with Crippen molar-refractivity contribution in [3.8, 4) is 22.4 Å². The molecular weight excluding hydrogens is 246 g/mol. The molecule has 1 heterocycles. The van der Waals surface area contributed by atoms with E-state index in [4.69, 9.17) is 11.5 Å². The normalized spacial score (nSPS) is 10.4. The van der Waals surface area contributed by atoms with Gasteiger partial charge in [0.2, 0.25) is 0 Å². The summed E-state index contributed by atoms with van der Waals surface area (Å²) in [5.41, 5.74) is 17.1. The largest absolute Gasteiger partial charge is 0.399 e. The van der Waals surface area contributed by atoms with Gasteiger partial charge in [-0.05, 0) is 35.9 Å². The lowest BCUT2D eigenvalue weighted by atomic mass is 10.1. The van der Waals surface area contributed by atoms with Crippen LogP contribution < -0.4 is 11.5 Å². The second kappa shape index (κ2) is 5.05. The molecule has 0 saturated heterocycles. The smallest absolute Gasteiger partial charge is 0.0702 e. The molecule has 0 aliphatic carbocycles. The molecule has 0 saturated carbocycles. The van der Waals surface area contributed by atoms with E-state index < -0.39 is 0 Å². The van der Waals surface area contributed by atoms with Crippen LogP contribution >= 0.6 is 0 Å². The van der Waals surface area contributed by atoms with Crippen LogP contribution in [-0.2, 0) is 0 Å². The minimum absolute atomic E-state index is 0.757. The van der Waals surface area contributed by atoms with E-state index in [2.05, 4.69) is 11.1 Å². The second-order valence-corrected chi connectivity index (χ2v) is 4.68. The van der Waals surface area contributed by atoms with Crippen LogP contribution in [0.4, 0.5) is 11.4 Å². The number of nitrogen functional groups attached to an aromatic ring is 2. The molecule has 98 valence electrons. The van der Waals surface area contributed by atoms with E-state index in [1.807, 2.05) is 60.8 Å². The van der Waals surface area contributed by atoms with Crippen molar-refractivity contribution in [1.82, 2.24) is 4.98 Å². The average molecular weight is 261 g/mol. The Morgan fingerprint density at radius 1 is 0.550 bits per heavy atom. The number of nitrogens with two attached hydrogens (primary N) is 2. The summed E-state index contributed by atoms with van der Waals surface area (Å²) in [7, 11) is 0. The Kier molecular flexibility index (Phi) is 3.09. The summed E-state index contributed by atoms with van der Waals surface area (Å²) >= 11 is 0. The van der Waals surface area contributed by atoms with Crippen LogP contribution in [0, 0.1) is 0 Å². The van der Waals surface area contributed by atoms with E-state index >= 15 is 0 Å². The van der Waals surface area contributed by atoms with Gasteiger partial charge in [-0.15, -0.1) is 0 Å². The summed E-state index contributed by atoms with van der Waals surface area (Å²) < 4.78 is 0. The molecule has 3 aromatic rings. The standard InChI is InChI=1S/C17H15N3/c18-15-6-1-12(2-7-15)14-5-10-17(20-11-14)13-3-8-16(19)9-4-13/h1-11H,18-19H2. The summed E-state index contributed by atoms with van der Waals surface area (Å²) in [6.45, 7) is 0. The van der Waals surface area contributed by atoms with Gasteiger partial charge in [0.1, 0.15) is 0 Å². The number of hydrogen-bond acceptors (Lipinski definition) is 3. The van der Waals surface area contributed by atoms with Crippen molar-refractivity contribution in [2.75, 3.05) is 11.5 Å². The van der Waals surface area contributed by atoms with Crippen LogP contribution in [0.3, 0.4) is 0 Å². The van der Waals surface area contributed by atoms with Gasteiger partial charge in [-0.1, -0.05) is 30.3 Å². The number of rotatable bonds is 2. The third kappa shape index (κ3) is 2.47. The number of benzene rings is 2. The molecule has 3 heteroatoms. The number of nitrogens with zero attached hydrogens (tertiary/aromatic N) is 1. The highest BCUT2D eigenvalue weighted by Gasteiger charge is 2.01. The molecule has 3 rings (SSSR count). The summed E-state index contributed by atoms with van der Waals surface area (Å²) in [5, 5.41) is 0. The topological polar surface area (TPSA) is 64.9 Å². The number of aromatic nitrogens is 1. The fourth-order valence-electron chi connectivity index (χ4n) is 2.06. The molecule has 0 atom stereocenters. The van der Waals surface area contributed by atoms with Gasteiger partial charge in [0.25, 0.3) is 0 Å². The number of hydrogen-bond donors (Lipinski definition) is 2. The van der Waals surface area contributed by atoms with Gasteiger partial charge in [0.15, 0.2) is 0 Å². The summed E-state index contributed by atoms with van der Waals surface area (Å²) in [4.78, 5) is 4.51. The molecular formula is C17H15N3. The zero-order chi connectivity index (χ0) is 13.9. The highest BCUT2D eigenvalue weighted by molar-refractivity contribution is 5.68. The van der Waals surface area contributed by atoms with Gasteiger partial charge in [-0.3, -0.25) is 4.98 Å². The van der Waals surface area contributed by atoms with E-state index in [0.29, 0.717) is 0 Å². The summed E-state index contributed by atoms with van der Waals surface area (Å²) in [6.07, 6.45) is 1.87. The molecule has 3 nitrogen and oxygen atoms in total.